The topological polar surface area (TPSA) is 93.2 Å². The molecule has 1 unspecified atom stereocenters. The quantitative estimate of drug-likeness (QED) is 0.521. The number of hydroxylamine groups is 1. The molecule has 2 aliphatic heterocycles. The predicted molar refractivity (Wildman–Crippen MR) is 112 cm³/mol. The number of hydrogen-bond acceptors (Lipinski definition) is 6. The Labute approximate surface area is 173 Å². The number of piperazine rings is 1. The smallest absolute Gasteiger partial charge is 0.247 e. The first-order chi connectivity index (χ1) is 13.8. The molecule has 162 valence electrons. The van der Waals surface area contributed by atoms with Gasteiger partial charge in [-0.3, -0.25) is 10.0 Å². The maximum absolute atomic E-state index is 13.1. The van der Waals surface area contributed by atoms with Crippen molar-refractivity contribution in [3.63, 3.8) is 0 Å². The molecule has 3 rings (SSSR count). The van der Waals surface area contributed by atoms with Crippen molar-refractivity contribution in [3.05, 3.63) is 29.8 Å². The van der Waals surface area contributed by atoms with Crippen molar-refractivity contribution in [1.29, 1.82) is 0 Å². The summed E-state index contributed by atoms with van der Waals surface area (Å²) in [6.45, 7) is 5.75. The summed E-state index contributed by atoms with van der Waals surface area (Å²) < 4.78 is 27.6. The number of carbonyl (C=O) groups is 1. The van der Waals surface area contributed by atoms with Gasteiger partial charge in [-0.05, 0) is 57.5 Å². The number of hydrogen-bond donors (Lipinski definition) is 2. The lowest BCUT2D eigenvalue weighted by Crippen LogP contribution is -2.51. The molecule has 9 heteroatoms. The lowest BCUT2D eigenvalue weighted by molar-refractivity contribution is -0.135. The van der Waals surface area contributed by atoms with E-state index in [0.717, 1.165) is 31.6 Å². The first kappa shape index (κ1) is 22.0. The number of carbonyl (C=O) groups excluding carboxylic acids is 1. The molecule has 1 aromatic rings. The molecule has 2 heterocycles. The highest BCUT2D eigenvalue weighted by atomic mass is 32.2. The number of amides is 1. The minimum atomic E-state index is -3.60. The second-order valence-electron chi connectivity index (χ2n) is 8.17. The van der Waals surface area contributed by atoms with Gasteiger partial charge in [-0.1, -0.05) is 18.2 Å². The van der Waals surface area contributed by atoms with E-state index in [9.17, 15) is 13.2 Å². The van der Waals surface area contributed by atoms with Gasteiger partial charge in [0.15, 0.2) is 0 Å². The Morgan fingerprint density at radius 1 is 1.14 bits per heavy atom. The summed E-state index contributed by atoms with van der Waals surface area (Å²) in [6, 6.07) is 8.10. The van der Waals surface area contributed by atoms with Crippen LogP contribution in [0.15, 0.2) is 24.3 Å². The zero-order valence-electron chi connectivity index (χ0n) is 17.2. The number of anilines is 1. The van der Waals surface area contributed by atoms with Crippen molar-refractivity contribution in [2.75, 3.05) is 57.0 Å². The van der Waals surface area contributed by atoms with Crippen molar-refractivity contribution in [3.8, 4) is 0 Å². The molecule has 1 amide bonds. The third kappa shape index (κ3) is 5.28. The van der Waals surface area contributed by atoms with Gasteiger partial charge < -0.3 is 9.80 Å². The zero-order valence-corrected chi connectivity index (χ0v) is 18.1. The van der Waals surface area contributed by atoms with Crippen LogP contribution in [0, 0.1) is 18.8 Å². The highest BCUT2D eigenvalue weighted by molar-refractivity contribution is 7.89. The Balaban J connectivity index is 1.65. The molecule has 0 bridgehead atoms. The van der Waals surface area contributed by atoms with Crippen LogP contribution in [-0.4, -0.2) is 80.8 Å². The third-order valence-electron chi connectivity index (χ3n) is 6.26. The average Bonchev–Trinajstić information content (AvgIpc) is 2.73. The van der Waals surface area contributed by atoms with Crippen LogP contribution in [0.1, 0.15) is 18.4 Å². The number of likely N-dealkylation sites (tertiary alicyclic amines) is 1. The van der Waals surface area contributed by atoms with Crippen LogP contribution in [0.25, 0.3) is 0 Å². The van der Waals surface area contributed by atoms with E-state index in [1.807, 2.05) is 19.2 Å². The number of rotatable bonds is 6. The number of para-hydroxylation sites is 1. The van der Waals surface area contributed by atoms with Crippen LogP contribution in [-0.2, 0) is 14.8 Å². The van der Waals surface area contributed by atoms with Crippen molar-refractivity contribution < 1.29 is 18.4 Å². The maximum Gasteiger partial charge on any atom is 0.247 e. The van der Waals surface area contributed by atoms with Crippen LogP contribution in [0.5, 0.6) is 0 Å². The molecule has 0 radical (unpaired) electrons. The van der Waals surface area contributed by atoms with E-state index in [0.29, 0.717) is 26.2 Å². The second kappa shape index (κ2) is 9.42. The minimum Gasteiger partial charge on any atom is -0.369 e. The van der Waals surface area contributed by atoms with Crippen LogP contribution < -0.4 is 10.4 Å². The fraction of sp³-hybridized carbons (Fsp3) is 0.650. The zero-order chi connectivity index (χ0) is 21.0. The fourth-order valence-corrected chi connectivity index (χ4v) is 6.21. The molecule has 8 nitrogen and oxygen atoms in total. The average molecular weight is 425 g/mol. The van der Waals surface area contributed by atoms with Crippen molar-refractivity contribution in [2.45, 2.75) is 19.8 Å². The normalized spacial score (nSPS) is 21.1. The van der Waals surface area contributed by atoms with Gasteiger partial charge in [-0.2, -0.15) is 4.31 Å². The highest BCUT2D eigenvalue weighted by Gasteiger charge is 2.37. The van der Waals surface area contributed by atoms with Crippen LogP contribution in [0.3, 0.4) is 0 Å². The summed E-state index contributed by atoms with van der Waals surface area (Å²) in [5.74, 6) is -1.62. The largest absolute Gasteiger partial charge is 0.369 e. The first-order valence-electron chi connectivity index (χ1n) is 10.2. The van der Waals surface area contributed by atoms with Gasteiger partial charge in [0.05, 0.1) is 11.7 Å². The molecule has 0 aliphatic carbocycles. The molecule has 29 heavy (non-hydrogen) atoms. The van der Waals surface area contributed by atoms with E-state index >= 15 is 0 Å². The number of nitrogens with zero attached hydrogens (tertiary/aromatic N) is 3. The number of nitrogens with one attached hydrogen (secondary N) is 1. The minimum absolute atomic E-state index is 0.0404. The Morgan fingerprint density at radius 2 is 1.76 bits per heavy atom. The van der Waals surface area contributed by atoms with Gasteiger partial charge in [0.25, 0.3) is 0 Å². The monoisotopic (exact) mass is 424 g/mol. The van der Waals surface area contributed by atoms with Crippen molar-refractivity contribution in [2.24, 2.45) is 11.8 Å². The Bertz CT molecular complexity index is 800. The number of benzene rings is 1. The summed E-state index contributed by atoms with van der Waals surface area (Å²) in [7, 11) is -1.58. The Kier molecular flexibility index (Phi) is 7.15. The summed E-state index contributed by atoms with van der Waals surface area (Å²) in [5.41, 5.74) is 3.99. The summed E-state index contributed by atoms with van der Waals surface area (Å²) in [4.78, 5) is 16.6. The van der Waals surface area contributed by atoms with E-state index in [2.05, 4.69) is 28.9 Å². The van der Waals surface area contributed by atoms with Crippen LogP contribution >= 0.6 is 0 Å². The maximum atomic E-state index is 13.1. The van der Waals surface area contributed by atoms with E-state index in [1.54, 1.807) is 5.48 Å². The van der Waals surface area contributed by atoms with Gasteiger partial charge in [0.2, 0.25) is 15.9 Å². The Hall–Kier alpha value is -1.68. The van der Waals surface area contributed by atoms with E-state index in [4.69, 9.17) is 5.21 Å². The number of aryl methyl sites for hydroxylation is 1. The lowest BCUT2D eigenvalue weighted by Gasteiger charge is -2.37. The molecule has 2 aliphatic rings. The van der Waals surface area contributed by atoms with Crippen molar-refractivity contribution in [1.82, 2.24) is 14.7 Å². The van der Waals surface area contributed by atoms with Gasteiger partial charge in [0, 0.05) is 31.9 Å². The van der Waals surface area contributed by atoms with E-state index in [1.165, 1.54) is 9.87 Å². The standard InChI is InChI=1S/C20H32N4O4S/c1-16-5-3-4-6-19(16)23-11-13-24(14-12-23)29(27,28)15-18(20(25)21-26)17-7-9-22(2)10-8-17/h3-6,17-18,26H,7-15H2,1-2H3,(H,21,25). The molecule has 2 fully saturated rings. The molecule has 0 spiro atoms. The molecule has 0 saturated carbocycles. The molecule has 2 saturated heterocycles. The lowest BCUT2D eigenvalue weighted by atomic mass is 9.85. The van der Waals surface area contributed by atoms with Crippen molar-refractivity contribution >= 4 is 21.6 Å². The molecular weight excluding hydrogens is 392 g/mol. The molecule has 1 atom stereocenters. The SMILES string of the molecule is Cc1ccccc1N1CCN(S(=O)(=O)CC(C(=O)NO)C2CCN(C)CC2)CC1. The second-order valence-corrected chi connectivity index (χ2v) is 10.2. The van der Waals surface area contributed by atoms with Crippen LogP contribution in [0.2, 0.25) is 0 Å². The summed E-state index contributed by atoms with van der Waals surface area (Å²) in [5, 5.41) is 9.16. The number of piperidine rings is 1. The Morgan fingerprint density at radius 3 is 2.34 bits per heavy atom. The molecular formula is C20H32N4O4S. The third-order valence-corrected chi connectivity index (χ3v) is 8.19. The van der Waals surface area contributed by atoms with E-state index in [-0.39, 0.29) is 11.7 Å². The van der Waals surface area contributed by atoms with E-state index < -0.39 is 21.8 Å². The van der Waals surface area contributed by atoms with Crippen LogP contribution in [0.4, 0.5) is 5.69 Å². The predicted octanol–water partition coefficient (Wildman–Crippen LogP) is 0.910. The van der Waals surface area contributed by atoms with Gasteiger partial charge >= 0.3 is 0 Å². The van der Waals surface area contributed by atoms with Gasteiger partial charge in [-0.15, -0.1) is 0 Å². The van der Waals surface area contributed by atoms with Gasteiger partial charge in [0.1, 0.15) is 0 Å². The summed E-state index contributed by atoms with van der Waals surface area (Å²) in [6.07, 6.45) is 1.51. The fourth-order valence-electron chi connectivity index (χ4n) is 4.40. The van der Waals surface area contributed by atoms with Gasteiger partial charge in [-0.25, -0.2) is 13.9 Å². The first-order valence-corrected chi connectivity index (χ1v) is 11.8. The molecule has 2 N–H and O–H groups in total. The molecule has 1 aromatic carbocycles. The molecule has 0 aromatic heterocycles. The number of sulfonamides is 1. The highest BCUT2D eigenvalue weighted by Crippen LogP contribution is 2.28. The summed E-state index contributed by atoms with van der Waals surface area (Å²) >= 11 is 0.